The maximum Gasteiger partial charge on any atom is 0.235 e. The fourth-order valence-corrected chi connectivity index (χ4v) is 4.56. The molecule has 134 valence electrons. The summed E-state index contributed by atoms with van der Waals surface area (Å²) < 4.78 is 5.71. The summed E-state index contributed by atoms with van der Waals surface area (Å²) in [5.41, 5.74) is 0. The summed E-state index contributed by atoms with van der Waals surface area (Å²) in [5, 5.41) is 3.25. The van der Waals surface area contributed by atoms with Gasteiger partial charge in [0.1, 0.15) is 0 Å². The van der Waals surface area contributed by atoms with Crippen molar-refractivity contribution in [1.82, 2.24) is 15.1 Å². The van der Waals surface area contributed by atoms with Gasteiger partial charge < -0.3 is 15.0 Å². The van der Waals surface area contributed by atoms with Gasteiger partial charge >= 0.3 is 0 Å². The fourth-order valence-electron chi connectivity index (χ4n) is 4.56. The van der Waals surface area contributed by atoms with Gasteiger partial charge in [0.05, 0.1) is 24.0 Å². The number of likely N-dealkylation sites (tertiary alicyclic amines) is 1. The third-order valence-corrected chi connectivity index (χ3v) is 5.75. The van der Waals surface area contributed by atoms with Crippen LogP contribution in [0.15, 0.2) is 0 Å². The molecule has 4 heterocycles. The van der Waals surface area contributed by atoms with E-state index in [2.05, 4.69) is 5.32 Å². The number of halogens is 1. The molecule has 4 aliphatic rings. The van der Waals surface area contributed by atoms with Crippen LogP contribution in [0.4, 0.5) is 0 Å². The van der Waals surface area contributed by atoms with Crippen LogP contribution in [0.5, 0.6) is 0 Å². The lowest BCUT2D eigenvalue weighted by Crippen LogP contribution is -2.52. The molecule has 4 fully saturated rings. The Morgan fingerprint density at radius 2 is 1.83 bits per heavy atom. The summed E-state index contributed by atoms with van der Waals surface area (Å²) in [4.78, 5) is 40.6. The van der Waals surface area contributed by atoms with Gasteiger partial charge in [-0.05, 0) is 19.8 Å². The smallest absolute Gasteiger partial charge is 0.235 e. The Morgan fingerprint density at radius 1 is 1.21 bits per heavy atom. The quantitative estimate of drug-likeness (QED) is 0.707. The molecule has 1 N–H and O–H groups in total. The van der Waals surface area contributed by atoms with Crippen LogP contribution in [-0.2, 0) is 19.1 Å². The van der Waals surface area contributed by atoms with E-state index >= 15 is 0 Å². The first kappa shape index (κ1) is 17.6. The molecule has 7 nitrogen and oxygen atoms in total. The molecule has 0 aromatic carbocycles. The molecule has 0 radical (unpaired) electrons. The van der Waals surface area contributed by atoms with Crippen LogP contribution in [0, 0.1) is 11.8 Å². The van der Waals surface area contributed by atoms with E-state index in [4.69, 9.17) is 4.74 Å². The Bertz CT molecular complexity index is 529. The minimum absolute atomic E-state index is 0. The Labute approximate surface area is 147 Å². The lowest BCUT2D eigenvalue weighted by atomic mass is 9.81. The Hall–Kier alpha value is -1.18. The maximum absolute atomic E-state index is 12.5. The Balaban J connectivity index is 0.00000169. The number of carbonyl (C=O) groups excluding carboxylic acids is 3. The second-order valence-electron chi connectivity index (χ2n) is 7.06. The second kappa shape index (κ2) is 6.61. The predicted molar refractivity (Wildman–Crippen MR) is 87.5 cm³/mol. The summed E-state index contributed by atoms with van der Waals surface area (Å²) in [6.07, 6.45) is 1.79. The molecule has 0 spiro atoms. The highest BCUT2D eigenvalue weighted by Gasteiger charge is 2.62. The van der Waals surface area contributed by atoms with Crippen molar-refractivity contribution in [3.8, 4) is 0 Å². The zero-order valence-corrected chi connectivity index (χ0v) is 14.6. The first-order valence-corrected chi connectivity index (χ1v) is 8.59. The molecule has 4 unspecified atom stereocenters. The number of carbonyl (C=O) groups is 3. The van der Waals surface area contributed by atoms with Crippen molar-refractivity contribution in [2.24, 2.45) is 11.8 Å². The molecular formula is C16H24ClN3O4. The van der Waals surface area contributed by atoms with E-state index in [-0.39, 0.29) is 73.2 Å². The molecule has 4 rings (SSSR count). The lowest BCUT2D eigenvalue weighted by molar-refractivity contribution is -0.143. The fraction of sp³-hybridized carbons (Fsp3) is 0.812. The molecule has 24 heavy (non-hydrogen) atoms. The average molecular weight is 358 g/mol. The van der Waals surface area contributed by atoms with Gasteiger partial charge in [0.25, 0.3) is 0 Å². The zero-order chi connectivity index (χ0) is 16.1. The molecule has 2 bridgehead atoms. The van der Waals surface area contributed by atoms with E-state index in [9.17, 15) is 14.4 Å². The van der Waals surface area contributed by atoms with E-state index in [0.717, 1.165) is 25.9 Å². The van der Waals surface area contributed by atoms with Gasteiger partial charge in [0, 0.05) is 38.6 Å². The Kier molecular flexibility index (Phi) is 4.86. The second-order valence-corrected chi connectivity index (χ2v) is 7.06. The molecule has 4 saturated heterocycles. The third kappa shape index (κ3) is 2.62. The van der Waals surface area contributed by atoms with E-state index < -0.39 is 0 Å². The monoisotopic (exact) mass is 357 g/mol. The van der Waals surface area contributed by atoms with Gasteiger partial charge in [-0.25, -0.2) is 0 Å². The third-order valence-electron chi connectivity index (χ3n) is 5.75. The van der Waals surface area contributed by atoms with Crippen molar-refractivity contribution in [3.63, 3.8) is 0 Å². The number of amides is 3. The maximum atomic E-state index is 12.5. The van der Waals surface area contributed by atoms with Gasteiger partial charge in [-0.1, -0.05) is 0 Å². The van der Waals surface area contributed by atoms with Crippen LogP contribution in [0.25, 0.3) is 0 Å². The van der Waals surface area contributed by atoms with Crippen molar-refractivity contribution in [1.29, 1.82) is 0 Å². The van der Waals surface area contributed by atoms with Crippen LogP contribution in [-0.4, -0.2) is 72.0 Å². The molecular weight excluding hydrogens is 334 g/mol. The number of imide groups is 1. The van der Waals surface area contributed by atoms with E-state index in [1.54, 1.807) is 0 Å². The minimum atomic E-state index is -0.297. The summed E-state index contributed by atoms with van der Waals surface area (Å²) >= 11 is 0. The molecule has 5 atom stereocenters. The summed E-state index contributed by atoms with van der Waals surface area (Å²) in [7, 11) is 0. The summed E-state index contributed by atoms with van der Waals surface area (Å²) in [6.45, 7) is 4.49. The summed E-state index contributed by atoms with van der Waals surface area (Å²) in [5.74, 6) is -0.832. The van der Waals surface area contributed by atoms with Gasteiger partial charge in [-0.15, -0.1) is 12.4 Å². The number of rotatable bonds is 3. The van der Waals surface area contributed by atoms with Gasteiger partial charge in [0.2, 0.25) is 17.7 Å². The highest BCUT2D eigenvalue weighted by Crippen LogP contribution is 2.48. The first-order valence-electron chi connectivity index (χ1n) is 8.59. The van der Waals surface area contributed by atoms with Crippen molar-refractivity contribution < 1.29 is 19.1 Å². The predicted octanol–water partition coefficient (Wildman–Crippen LogP) is -0.219. The molecule has 4 aliphatic heterocycles. The van der Waals surface area contributed by atoms with E-state index in [1.165, 1.54) is 4.90 Å². The number of hydrogen-bond acceptors (Lipinski definition) is 5. The van der Waals surface area contributed by atoms with Gasteiger partial charge in [-0.2, -0.15) is 0 Å². The highest BCUT2D eigenvalue weighted by molar-refractivity contribution is 6.06. The summed E-state index contributed by atoms with van der Waals surface area (Å²) in [6, 6.07) is 0.157. The lowest BCUT2D eigenvalue weighted by Gasteiger charge is -2.34. The molecule has 8 heteroatoms. The van der Waals surface area contributed by atoms with E-state index in [0.29, 0.717) is 6.54 Å². The van der Waals surface area contributed by atoms with Crippen LogP contribution in [0.2, 0.25) is 0 Å². The van der Waals surface area contributed by atoms with E-state index in [1.807, 2.05) is 11.8 Å². The molecule has 0 aromatic rings. The number of nitrogens with zero attached hydrogens (tertiary/aromatic N) is 2. The topological polar surface area (TPSA) is 79.0 Å². The van der Waals surface area contributed by atoms with Gasteiger partial charge in [0.15, 0.2) is 0 Å². The van der Waals surface area contributed by atoms with Crippen LogP contribution < -0.4 is 5.32 Å². The largest absolute Gasteiger partial charge is 0.373 e. The molecule has 0 aromatic heterocycles. The Morgan fingerprint density at radius 3 is 2.42 bits per heavy atom. The number of fused-ring (bicyclic) bond motifs is 5. The number of hydrogen-bond donors (Lipinski definition) is 1. The molecule has 0 aliphatic carbocycles. The van der Waals surface area contributed by atoms with Crippen molar-refractivity contribution in [3.05, 3.63) is 0 Å². The first-order chi connectivity index (χ1) is 11.1. The SMILES string of the molecule is C[C@@H]1CNCCN1C(=O)CCN1C(=O)C2C3CCC(O3)C2C1=O.Cl. The zero-order valence-electron chi connectivity index (χ0n) is 13.8. The van der Waals surface area contributed by atoms with Crippen molar-refractivity contribution >= 4 is 30.1 Å². The van der Waals surface area contributed by atoms with Crippen LogP contribution in [0.3, 0.4) is 0 Å². The molecule has 0 saturated carbocycles. The van der Waals surface area contributed by atoms with Crippen molar-refractivity contribution in [2.75, 3.05) is 26.2 Å². The standard InChI is InChI=1S/C16H23N3O4.ClH/c1-9-8-17-5-7-18(9)12(20)4-6-19-15(21)13-10-2-3-11(23-10)14(13)16(19)22;/h9-11,13-14,17H,2-8H2,1H3;1H/t9-,10?,11?,13?,14?;/m1./s1. The van der Waals surface area contributed by atoms with Crippen molar-refractivity contribution in [2.45, 2.75) is 44.4 Å². The van der Waals surface area contributed by atoms with Crippen LogP contribution >= 0.6 is 12.4 Å². The number of nitrogens with one attached hydrogen (secondary N) is 1. The average Bonchev–Trinajstić information content (AvgIpc) is 3.21. The minimum Gasteiger partial charge on any atom is -0.373 e. The number of ether oxygens (including phenoxy) is 1. The number of piperazine rings is 1. The van der Waals surface area contributed by atoms with Gasteiger partial charge in [-0.3, -0.25) is 19.3 Å². The highest BCUT2D eigenvalue weighted by atomic mass is 35.5. The van der Waals surface area contributed by atoms with Crippen LogP contribution in [0.1, 0.15) is 26.2 Å². The normalized spacial score (nSPS) is 37.6. The molecule has 3 amide bonds.